The molecular weight excluding hydrogens is 414 g/mol. The summed E-state index contributed by atoms with van der Waals surface area (Å²) in [6, 6.07) is 5.21. The molecule has 4 atom stereocenters. The van der Waals surface area contributed by atoms with E-state index in [9.17, 15) is 13.2 Å². The van der Waals surface area contributed by atoms with Crippen LogP contribution < -0.4 is 14.8 Å². The number of hydrogen-bond donors (Lipinski definition) is 2. The van der Waals surface area contributed by atoms with E-state index < -0.39 is 10.0 Å². The van der Waals surface area contributed by atoms with Gasteiger partial charge in [0, 0.05) is 31.5 Å². The van der Waals surface area contributed by atoms with Crippen LogP contribution in [-0.2, 0) is 21.2 Å². The predicted molar refractivity (Wildman–Crippen MR) is 111 cm³/mol. The number of hydrogen-bond acceptors (Lipinski definition) is 5. The minimum Gasteiger partial charge on any atom is -0.493 e. The molecule has 1 amide bonds. The Morgan fingerprint density at radius 3 is 2.90 bits per heavy atom. The highest BCUT2D eigenvalue weighted by molar-refractivity contribution is 7.89. The molecule has 0 spiro atoms. The first-order valence-corrected chi connectivity index (χ1v) is 11.8. The van der Waals surface area contributed by atoms with Gasteiger partial charge in [0.1, 0.15) is 5.75 Å². The van der Waals surface area contributed by atoms with Crippen LogP contribution in [0.4, 0.5) is 0 Å². The molecule has 1 aromatic rings. The Morgan fingerprint density at radius 2 is 2.03 bits per heavy atom. The number of nitrogens with zero attached hydrogens (tertiary/aromatic N) is 1. The maximum absolute atomic E-state index is 12.9. The van der Waals surface area contributed by atoms with Gasteiger partial charge in [-0.2, -0.15) is 0 Å². The van der Waals surface area contributed by atoms with E-state index in [1.807, 2.05) is 4.90 Å². The van der Waals surface area contributed by atoms with Crippen molar-refractivity contribution < 1.29 is 17.9 Å². The van der Waals surface area contributed by atoms with Crippen molar-refractivity contribution in [2.45, 2.75) is 49.1 Å². The first kappa shape index (κ1) is 20.9. The van der Waals surface area contributed by atoms with E-state index in [2.05, 4.69) is 10.0 Å². The van der Waals surface area contributed by atoms with E-state index in [0.29, 0.717) is 24.9 Å². The van der Waals surface area contributed by atoms with Gasteiger partial charge in [0.15, 0.2) is 0 Å². The third-order valence-corrected chi connectivity index (χ3v) is 8.27. The summed E-state index contributed by atoms with van der Waals surface area (Å²) in [6.45, 7) is 2.68. The molecule has 2 N–H and O–H groups in total. The smallest absolute Gasteiger partial charge is 0.240 e. The molecule has 0 unspecified atom stereocenters. The highest BCUT2D eigenvalue weighted by atomic mass is 35.5. The van der Waals surface area contributed by atoms with E-state index in [1.165, 1.54) is 0 Å². The Bertz CT molecular complexity index is 894. The average molecular weight is 442 g/mol. The number of amides is 1. The van der Waals surface area contributed by atoms with Crippen LogP contribution in [0.15, 0.2) is 23.1 Å². The van der Waals surface area contributed by atoms with E-state index in [4.69, 9.17) is 4.74 Å². The summed E-state index contributed by atoms with van der Waals surface area (Å²) >= 11 is 0. The molecule has 5 rings (SSSR count). The summed E-state index contributed by atoms with van der Waals surface area (Å²) in [6.07, 6.45) is 4.36. The van der Waals surface area contributed by atoms with Crippen LogP contribution >= 0.6 is 12.4 Å². The van der Waals surface area contributed by atoms with E-state index in [1.54, 1.807) is 18.2 Å². The van der Waals surface area contributed by atoms with Gasteiger partial charge in [-0.25, -0.2) is 13.1 Å². The zero-order valence-corrected chi connectivity index (χ0v) is 17.9. The van der Waals surface area contributed by atoms with Crippen LogP contribution in [0.1, 0.15) is 31.2 Å². The van der Waals surface area contributed by atoms with Crippen LogP contribution in [0.2, 0.25) is 0 Å². The molecular formula is C20H28ClN3O4S. The number of sulfonamides is 1. The third kappa shape index (κ3) is 3.76. The number of ether oxygens (including phenoxy) is 1. The van der Waals surface area contributed by atoms with Crippen LogP contribution in [0, 0.1) is 11.8 Å². The standard InChI is InChI=1S/C20H27N3O4S.ClH/c24-20-3-1-2-17-14-8-15(11-21-10-14)18(23(17)20)12-22-28(25,26)16-4-5-19-13(9-16)6-7-27-19;/h4-5,9,14-15,17-18,21-22H,1-3,6-8,10-12H2;1H/t14-,15+,17+,18+;/m1./s1. The van der Waals surface area contributed by atoms with Crippen molar-refractivity contribution >= 4 is 28.3 Å². The largest absolute Gasteiger partial charge is 0.493 e. The van der Waals surface area contributed by atoms with Crippen molar-refractivity contribution in [3.8, 4) is 5.75 Å². The van der Waals surface area contributed by atoms with Gasteiger partial charge in [0.2, 0.25) is 15.9 Å². The number of carbonyl (C=O) groups is 1. The molecule has 29 heavy (non-hydrogen) atoms. The molecule has 3 saturated heterocycles. The Labute approximate surface area is 178 Å². The molecule has 9 heteroatoms. The Hall–Kier alpha value is -1.35. The molecule has 0 aliphatic carbocycles. The zero-order valence-electron chi connectivity index (χ0n) is 16.3. The lowest BCUT2D eigenvalue weighted by Gasteiger charge is -2.54. The maximum Gasteiger partial charge on any atom is 0.240 e. The van der Waals surface area contributed by atoms with Crippen molar-refractivity contribution in [2.75, 3.05) is 26.2 Å². The number of carbonyl (C=O) groups excluding carboxylic acids is 1. The normalized spacial score (nSPS) is 30.8. The summed E-state index contributed by atoms with van der Waals surface area (Å²) in [5.41, 5.74) is 0.936. The Balaban J connectivity index is 0.00000205. The lowest BCUT2D eigenvalue weighted by Crippen LogP contribution is -2.66. The van der Waals surface area contributed by atoms with Crippen LogP contribution in [0.3, 0.4) is 0 Å². The lowest BCUT2D eigenvalue weighted by atomic mass is 9.72. The second kappa shape index (κ2) is 8.06. The van der Waals surface area contributed by atoms with Crippen molar-refractivity contribution in [1.82, 2.24) is 14.9 Å². The number of halogens is 1. The molecule has 0 saturated carbocycles. The van der Waals surface area contributed by atoms with Gasteiger partial charge >= 0.3 is 0 Å². The summed E-state index contributed by atoms with van der Waals surface area (Å²) in [5.74, 6) is 1.75. The zero-order chi connectivity index (χ0) is 19.3. The summed E-state index contributed by atoms with van der Waals surface area (Å²) in [4.78, 5) is 15.0. The van der Waals surface area contributed by atoms with Gasteiger partial charge in [0.05, 0.1) is 11.5 Å². The van der Waals surface area contributed by atoms with Gasteiger partial charge in [-0.15, -0.1) is 12.4 Å². The fourth-order valence-electron chi connectivity index (χ4n) is 5.51. The van der Waals surface area contributed by atoms with Crippen LogP contribution in [0.25, 0.3) is 0 Å². The topological polar surface area (TPSA) is 87.7 Å². The second-order valence-electron chi connectivity index (χ2n) is 8.46. The van der Waals surface area contributed by atoms with Gasteiger partial charge < -0.3 is 15.0 Å². The monoisotopic (exact) mass is 441 g/mol. The first-order valence-electron chi connectivity index (χ1n) is 10.3. The van der Waals surface area contributed by atoms with Gasteiger partial charge in [-0.1, -0.05) is 0 Å². The van der Waals surface area contributed by atoms with E-state index in [-0.39, 0.29) is 41.8 Å². The molecule has 1 aromatic carbocycles. The molecule has 3 fully saturated rings. The first-order chi connectivity index (χ1) is 13.5. The van der Waals surface area contributed by atoms with Crippen molar-refractivity contribution in [3.05, 3.63) is 23.8 Å². The fraction of sp³-hybridized carbons (Fsp3) is 0.650. The van der Waals surface area contributed by atoms with E-state index >= 15 is 0 Å². The summed E-state index contributed by atoms with van der Waals surface area (Å²) in [5, 5.41) is 3.49. The fourth-order valence-corrected chi connectivity index (χ4v) is 6.61. The maximum atomic E-state index is 12.9. The van der Waals surface area contributed by atoms with Crippen molar-refractivity contribution in [3.63, 3.8) is 0 Å². The van der Waals surface area contributed by atoms with Gasteiger partial charge in [-0.3, -0.25) is 4.79 Å². The Morgan fingerprint density at radius 1 is 1.21 bits per heavy atom. The number of fused-ring (bicyclic) bond motifs is 5. The summed E-state index contributed by atoms with van der Waals surface area (Å²) < 4.78 is 34.1. The molecule has 2 bridgehead atoms. The minimum atomic E-state index is -3.63. The highest BCUT2D eigenvalue weighted by Crippen LogP contribution is 2.39. The molecule has 7 nitrogen and oxygen atoms in total. The Kier molecular flexibility index (Phi) is 5.81. The SMILES string of the molecule is Cl.O=C1CCC[C@H]2[C@H]3CNC[C@H](C3)[C@H](CNS(=O)(=O)c3ccc4c(c3)CCO4)N12. The number of piperidine rings is 3. The molecule has 4 heterocycles. The van der Waals surface area contributed by atoms with E-state index in [0.717, 1.165) is 50.1 Å². The predicted octanol–water partition coefficient (Wildman–Crippen LogP) is 1.31. The number of benzene rings is 1. The van der Waals surface area contributed by atoms with Crippen LogP contribution in [-0.4, -0.2) is 57.5 Å². The second-order valence-corrected chi connectivity index (χ2v) is 10.2. The van der Waals surface area contributed by atoms with Crippen LogP contribution in [0.5, 0.6) is 5.75 Å². The summed E-state index contributed by atoms with van der Waals surface area (Å²) in [7, 11) is -3.63. The van der Waals surface area contributed by atoms with Gasteiger partial charge in [0.25, 0.3) is 0 Å². The molecule has 4 aliphatic rings. The highest BCUT2D eigenvalue weighted by Gasteiger charge is 2.47. The van der Waals surface area contributed by atoms with Gasteiger partial charge in [-0.05, 0) is 68.0 Å². The molecule has 0 aromatic heterocycles. The quantitative estimate of drug-likeness (QED) is 0.735. The third-order valence-electron chi connectivity index (χ3n) is 6.85. The van der Waals surface area contributed by atoms with Crippen molar-refractivity contribution in [2.24, 2.45) is 11.8 Å². The lowest BCUT2D eigenvalue weighted by molar-refractivity contribution is -0.148. The average Bonchev–Trinajstić information content (AvgIpc) is 3.16. The van der Waals surface area contributed by atoms with Crippen molar-refractivity contribution in [1.29, 1.82) is 0 Å². The molecule has 160 valence electrons. The molecule has 0 radical (unpaired) electrons. The number of nitrogens with one attached hydrogen (secondary N) is 2. The minimum absolute atomic E-state index is 0. The molecule has 4 aliphatic heterocycles. The number of rotatable bonds is 4.